The molecule has 76 valence electrons. The molecular formula is C8H6BF4KO. The van der Waals surface area contributed by atoms with E-state index in [-0.39, 0.29) is 62.9 Å². The maximum absolute atomic E-state index is 12.5. The quantitative estimate of drug-likeness (QED) is 0.570. The maximum Gasteiger partial charge on any atom is 1.00 e. The third-order valence-electron chi connectivity index (χ3n) is 1.48. The number of aromatic hydroxyl groups is 1. The molecule has 0 saturated carbocycles. The van der Waals surface area contributed by atoms with Crippen LogP contribution in [0.5, 0.6) is 5.75 Å². The van der Waals surface area contributed by atoms with E-state index < -0.39 is 18.5 Å². The summed E-state index contributed by atoms with van der Waals surface area (Å²) < 4.78 is 47.8. The van der Waals surface area contributed by atoms with Crippen LogP contribution in [0.1, 0.15) is 5.56 Å². The zero-order valence-corrected chi connectivity index (χ0v) is 11.0. The van der Waals surface area contributed by atoms with Gasteiger partial charge in [-0.25, -0.2) is 4.39 Å². The summed E-state index contributed by atoms with van der Waals surface area (Å²) in [5.41, 5.74) is 0.100. The third-order valence-corrected chi connectivity index (χ3v) is 1.48. The van der Waals surface area contributed by atoms with Gasteiger partial charge in [0.1, 0.15) is 0 Å². The van der Waals surface area contributed by atoms with Crippen molar-refractivity contribution in [3.05, 3.63) is 35.6 Å². The van der Waals surface area contributed by atoms with Crippen molar-refractivity contribution in [1.29, 1.82) is 0 Å². The fourth-order valence-electron chi connectivity index (χ4n) is 0.854. The average Bonchev–Trinajstić information content (AvgIpc) is 2.06. The number of halogens is 4. The van der Waals surface area contributed by atoms with E-state index in [0.717, 1.165) is 24.3 Å². The molecule has 15 heavy (non-hydrogen) atoms. The summed E-state index contributed by atoms with van der Waals surface area (Å²) in [6.45, 7) is -5.00. The zero-order chi connectivity index (χ0) is 10.8. The number of benzene rings is 1. The molecular weight excluding hydrogens is 238 g/mol. The van der Waals surface area contributed by atoms with E-state index in [0.29, 0.717) is 0 Å². The molecule has 0 aliphatic rings. The topological polar surface area (TPSA) is 20.2 Å². The molecule has 7 heteroatoms. The Labute approximate surface area is 127 Å². The largest absolute Gasteiger partial charge is 1.00 e. The van der Waals surface area contributed by atoms with Crippen LogP contribution in [-0.2, 0) is 0 Å². The Kier molecular flexibility index (Phi) is 6.12. The first-order chi connectivity index (χ1) is 6.38. The van der Waals surface area contributed by atoms with Gasteiger partial charge in [0.05, 0.1) is 0 Å². The van der Waals surface area contributed by atoms with Gasteiger partial charge in [0.2, 0.25) is 0 Å². The molecule has 0 heterocycles. The van der Waals surface area contributed by atoms with Crippen molar-refractivity contribution in [1.82, 2.24) is 0 Å². The van der Waals surface area contributed by atoms with Crippen molar-refractivity contribution in [3.63, 3.8) is 0 Å². The standard InChI is InChI=1S/C8H6BF4O.K/c10-7-2-1-6(5-8(7)14)3-4-9(11,12)13;/h1-5,14H;/q-1;+1/b4-3+;. The first-order valence-corrected chi connectivity index (χ1v) is 3.76. The number of hydrogen-bond acceptors (Lipinski definition) is 1. The maximum atomic E-state index is 12.5. The number of phenols is 1. The first kappa shape index (κ1) is 15.2. The Morgan fingerprint density at radius 2 is 1.80 bits per heavy atom. The predicted molar refractivity (Wildman–Crippen MR) is 46.2 cm³/mol. The second-order valence-electron chi connectivity index (χ2n) is 2.70. The molecule has 0 aliphatic carbocycles. The van der Waals surface area contributed by atoms with Gasteiger partial charge in [0.25, 0.3) is 0 Å². The minimum absolute atomic E-state index is 0. The van der Waals surface area contributed by atoms with Gasteiger partial charge in [-0.05, 0) is 17.7 Å². The van der Waals surface area contributed by atoms with Crippen LogP contribution in [0.2, 0.25) is 0 Å². The van der Waals surface area contributed by atoms with Crippen LogP contribution in [0, 0.1) is 5.82 Å². The molecule has 0 aromatic heterocycles. The van der Waals surface area contributed by atoms with Crippen molar-refractivity contribution in [3.8, 4) is 5.75 Å². The molecule has 0 fully saturated rings. The first-order valence-electron chi connectivity index (χ1n) is 3.76. The summed E-state index contributed by atoms with van der Waals surface area (Å²) in [5.74, 6) is -1.45. The van der Waals surface area contributed by atoms with Gasteiger partial charge in [-0.15, -0.1) is 5.98 Å². The predicted octanol–water partition coefficient (Wildman–Crippen LogP) is -0.0649. The number of phenolic OH excluding ortho intramolecular Hbond substituents is 1. The minimum Gasteiger partial charge on any atom is -0.505 e. The number of rotatable bonds is 2. The molecule has 1 N–H and O–H groups in total. The van der Waals surface area contributed by atoms with Gasteiger partial charge < -0.3 is 18.1 Å². The summed E-state index contributed by atoms with van der Waals surface area (Å²) in [4.78, 5) is 0. The molecule has 0 spiro atoms. The Morgan fingerprint density at radius 1 is 1.20 bits per heavy atom. The van der Waals surface area contributed by atoms with Crippen LogP contribution in [0.3, 0.4) is 0 Å². The minimum atomic E-state index is -5.00. The molecule has 0 radical (unpaired) electrons. The van der Waals surface area contributed by atoms with E-state index in [4.69, 9.17) is 5.11 Å². The summed E-state index contributed by atoms with van der Waals surface area (Å²) in [7, 11) is 0. The molecule has 0 saturated heterocycles. The van der Waals surface area contributed by atoms with Gasteiger partial charge in [-0.3, -0.25) is 0 Å². The molecule has 0 bridgehead atoms. The van der Waals surface area contributed by atoms with Crippen LogP contribution in [0.4, 0.5) is 17.3 Å². The summed E-state index contributed by atoms with van der Waals surface area (Å²) in [5, 5.41) is 8.84. The van der Waals surface area contributed by atoms with Crippen LogP contribution >= 0.6 is 0 Å². The fraction of sp³-hybridized carbons (Fsp3) is 0. The Bertz CT molecular complexity index is 364. The Balaban J connectivity index is 0.00000196. The monoisotopic (exact) mass is 244 g/mol. The van der Waals surface area contributed by atoms with E-state index >= 15 is 0 Å². The second kappa shape index (κ2) is 6.05. The summed E-state index contributed by atoms with van der Waals surface area (Å²) in [6, 6.07) is 2.97. The van der Waals surface area contributed by atoms with Gasteiger partial charge in [0.15, 0.2) is 11.6 Å². The fourth-order valence-corrected chi connectivity index (χ4v) is 0.854. The van der Waals surface area contributed by atoms with Crippen molar-refractivity contribution in [2.24, 2.45) is 0 Å². The zero-order valence-electron chi connectivity index (χ0n) is 7.92. The van der Waals surface area contributed by atoms with Crippen LogP contribution in [-0.4, -0.2) is 12.1 Å². The van der Waals surface area contributed by atoms with E-state index in [2.05, 4.69) is 0 Å². The molecule has 0 atom stereocenters. The molecule has 1 aromatic carbocycles. The molecule has 0 aliphatic heterocycles. The molecule has 0 unspecified atom stereocenters. The third kappa shape index (κ3) is 5.72. The normalized spacial score (nSPS) is 11.5. The van der Waals surface area contributed by atoms with Crippen LogP contribution < -0.4 is 51.4 Å². The molecule has 1 nitrogen and oxygen atoms in total. The van der Waals surface area contributed by atoms with Crippen LogP contribution in [0.15, 0.2) is 24.2 Å². The van der Waals surface area contributed by atoms with Gasteiger partial charge in [-0.2, -0.15) is 0 Å². The smallest absolute Gasteiger partial charge is 0.505 e. The van der Waals surface area contributed by atoms with E-state index in [1.807, 2.05) is 0 Å². The van der Waals surface area contributed by atoms with Crippen molar-refractivity contribution >= 4 is 13.1 Å². The SMILES string of the molecule is Oc1cc(/C=C/[B-](F)(F)F)ccc1F.[K+]. The van der Waals surface area contributed by atoms with Gasteiger partial charge in [0, 0.05) is 0 Å². The van der Waals surface area contributed by atoms with Crippen molar-refractivity contribution < 1.29 is 73.8 Å². The van der Waals surface area contributed by atoms with Crippen LogP contribution in [0.25, 0.3) is 6.08 Å². The Hall–Kier alpha value is 0.181. The van der Waals surface area contributed by atoms with E-state index in [1.54, 1.807) is 0 Å². The van der Waals surface area contributed by atoms with Gasteiger partial charge in [-0.1, -0.05) is 12.1 Å². The average molecular weight is 244 g/mol. The summed E-state index contributed by atoms with van der Waals surface area (Å²) in [6.07, 6.45) is 0.777. The van der Waals surface area contributed by atoms with Crippen molar-refractivity contribution in [2.45, 2.75) is 0 Å². The van der Waals surface area contributed by atoms with Gasteiger partial charge >= 0.3 is 58.4 Å². The summed E-state index contributed by atoms with van der Waals surface area (Å²) >= 11 is 0. The number of hydrogen-bond donors (Lipinski definition) is 1. The molecule has 1 aromatic rings. The van der Waals surface area contributed by atoms with E-state index in [9.17, 15) is 17.3 Å². The Morgan fingerprint density at radius 3 is 2.27 bits per heavy atom. The second-order valence-corrected chi connectivity index (χ2v) is 2.70. The molecule has 0 amide bonds. The molecule has 1 rings (SSSR count). The van der Waals surface area contributed by atoms with Crippen molar-refractivity contribution in [2.75, 3.05) is 0 Å². The van der Waals surface area contributed by atoms with E-state index in [1.165, 1.54) is 0 Å².